The van der Waals surface area contributed by atoms with Gasteiger partial charge in [0.2, 0.25) is 0 Å². The van der Waals surface area contributed by atoms with Gasteiger partial charge in [0.1, 0.15) is 0 Å². The number of hydrogen-bond donors (Lipinski definition) is 0. The minimum absolute atomic E-state index is 0.241. The predicted molar refractivity (Wildman–Crippen MR) is 98.9 cm³/mol. The third-order valence-electron chi connectivity index (χ3n) is 3.87. The van der Waals surface area contributed by atoms with Crippen molar-refractivity contribution in [1.82, 2.24) is 0 Å². The first kappa shape index (κ1) is 19.4. The Morgan fingerprint density at radius 2 is 1.57 bits per heavy atom. The molecule has 0 aromatic heterocycles. The van der Waals surface area contributed by atoms with E-state index in [0.29, 0.717) is 4.90 Å². The van der Waals surface area contributed by atoms with E-state index >= 15 is 0 Å². The van der Waals surface area contributed by atoms with Crippen molar-refractivity contribution < 1.29 is 8.42 Å². The van der Waals surface area contributed by atoms with E-state index in [-0.39, 0.29) is 5.92 Å². The Morgan fingerprint density at radius 1 is 0.957 bits per heavy atom. The maximum Gasteiger partial charge on any atom is 0.175 e. The first-order valence-electron chi connectivity index (χ1n) is 8.28. The average Bonchev–Trinajstić information content (AvgIpc) is 2.56. The third-order valence-corrected chi connectivity index (χ3v) is 5.04. The van der Waals surface area contributed by atoms with Crippen molar-refractivity contribution >= 4 is 9.84 Å². The van der Waals surface area contributed by atoms with Crippen molar-refractivity contribution in [2.75, 3.05) is 6.26 Å². The average molecular weight is 333 g/mol. The molecule has 0 heterocycles. The lowest BCUT2D eigenvalue weighted by Gasteiger charge is -2.15. The van der Waals surface area contributed by atoms with Crippen LogP contribution in [-0.2, 0) is 16.3 Å². The highest BCUT2D eigenvalue weighted by Gasteiger charge is 2.17. The first-order chi connectivity index (χ1) is 10.9. The molecule has 0 saturated heterocycles. The monoisotopic (exact) mass is 332 g/mol. The standard InChI is InChI=1S/C18H22O2S.C2H6/c1-4-14(2)17-13-16(10-11-18(17)21(3,19)20)12-15-8-6-5-7-9-15;1-2/h5-11,13-14H,4,12H2,1-3H3;1-2H3. The van der Waals surface area contributed by atoms with Gasteiger partial charge in [-0.15, -0.1) is 0 Å². The van der Waals surface area contributed by atoms with E-state index in [2.05, 4.69) is 32.0 Å². The van der Waals surface area contributed by atoms with Crippen LogP contribution in [-0.4, -0.2) is 14.7 Å². The van der Waals surface area contributed by atoms with E-state index in [0.717, 1.165) is 24.0 Å². The zero-order chi connectivity index (χ0) is 17.5. The molecular weight excluding hydrogens is 304 g/mol. The van der Waals surface area contributed by atoms with Crippen LogP contribution in [0, 0.1) is 0 Å². The summed E-state index contributed by atoms with van der Waals surface area (Å²) in [6, 6.07) is 16.0. The second-order valence-electron chi connectivity index (χ2n) is 5.62. The highest BCUT2D eigenvalue weighted by Crippen LogP contribution is 2.28. The van der Waals surface area contributed by atoms with Crippen LogP contribution in [0.5, 0.6) is 0 Å². The van der Waals surface area contributed by atoms with Crippen LogP contribution in [0.1, 0.15) is 56.7 Å². The van der Waals surface area contributed by atoms with Crippen LogP contribution in [0.4, 0.5) is 0 Å². The van der Waals surface area contributed by atoms with E-state index in [1.807, 2.05) is 38.1 Å². The predicted octanol–water partition coefficient (Wildman–Crippen LogP) is 5.22. The van der Waals surface area contributed by atoms with Crippen LogP contribution in [0.25, 0.3) is 0 Å². The summed E-state index contributed by atoms with van der Waals surface area (Å²) in [5.41, 5.74) is 3.33. The van der Waals surface area contributed by atoms with Gasteiger partial charge in [0.05, 0.1) is 4.90 Å². The van der Waals surface area contributed by atoms with Gasteiger partial charge in [-0.3, -0.25) is 0 Å². The second-order valence-corrected chi connectivity index (χ2v) is 7.60. The van der Waals surface area contributed by atoms with Crippen molar-refractivity contribution in [3.63, 3.8) is 0 Å². The molecule has 0 N–H and O–H groups in total. The van der Waals surface area contributed by atoms with Gasteiger partial charge >= 0.3 is 0 Å². The molecule has 1 atom stereocenters. The quantitative estimate of drug-likeness (QED) is 0.752. The van der Waals surface area contributed by atoms with Crippen molar-refractivity contribution in [2.45, 2.75) is 51.3 Å². The molecule has 0 bridgehead atoms. The van der Waals surface area contributed by atoms with Crippen LogP contribution in [0.15, 0.2) is 53.4 Å². The van der Waals surface area contributed by atoms with Gasteiger partial charge in [-0.2, -0.15) is 0 Å². The molecule has 23 heavy (non-hydrogen) atoms. The Kier molecular flexibility index (Phi) is 7.50. The number of hydrogen-bond acceptors (Lipinski definition) is 2. The topological polar surface area (TPSA) is 34.1 Å². The molecule has 1 unspecified atom stereocenters. The third kappa shape index (κ3) is 5.51. The Labute approximate surface area is 141 Å². The van der Waals surface area contributed by atoms with Gasteiger partial charge in [0, 0.05) is 6.26 Å². The number of rotatable bonds is 5. The van der Waals surface area contributed by atoms with E-state index in [1.165, 1.54) is 11.8 Å². The minimum atomic E-state index is -3.18. The lowest BCUT2D eigenvalue weighted by Crippen LogP contribution is -2.06. The highest BCUT2D eigenvalue weighted by molar-refractivity contribution is 7.90. The minimum Gasteiger partial charge on any atom is -0.224 e. The molecule has 2 rings (SSSR count). The van der Waals surface area contributed by atoms with Crippen molar-refractivity contribution in [1.29, 1.82) is 0 Å². The van der Waals surface area contributed by atoms with E-state index in [4.69, 9.17) is 0 Å². The Morgan fingerprint density at radius 3 is 2.09 bits per heavy atom. The molecule has 2 nitrogen and oxygen atoms in total. The molecule has 0 saturated carbocycles. The van der Waals surface area contributed by atoms with E-state index < -0.39 is 9.84 Å². The SMILES string of the molecule is CC.CCC(C)c1cc(Cc2ccccc2)ccc1S(C)(=O)=O. The molecule has 2 aromatic rings. The van der Waals surface area contributed by atoms with Gasteiger partial charge in [-0.05, 0) is 41.5 Å². The number of sulfone groups is 1. The maximum atomic E-state index is 11.9. The summed E-state index contributed by atoms with van der Waals surface area (Å²) >= 11 is 0. The molecule has 0 fully saturated rings. The van der Waals surface area contributed by atoms with Crippen LogP contribution >= 0.6 is 0 Å². The molecule has 0 radical (unpaired) electrons. The van der Waals surface area contributed by atoms with Crippen LogP contribution < -0.4 is 0 Å². The van der Waals surface area contributed by atoms with E-state index in [9.17, 15) is 8.42 Å². The zero-order valence-electron chi connectivity index (χ0n) is 14.8. The number of benzene rings is 2. The van der Waals surface area contributed by atoms with Gasteiger partial charge in [0.15, 0.2) is 9.84 Å². The normalized spacial score (nSPS) is 12.2. The van der Waals surface area contributed by atoms with E-state index in [1.54, 1.807) is 6.07 Å². The molecule has 0 aliphatic rings. The lowest BCUT2D eigenvalue weighted by atomic mass is 9.95. The van der Waals surface area contributed by atoms with Crippen molar-refractivity contribution in [3.8, 4) is 0 Å². The fourth-order valence-corrected chi connectivity index (χ4v) is 3.49. The maximum absolute atomic E-state index is 11.9. The lowest BCUT2D eigenvalue weighted by molar-refractivity contribution is 0.598. The van der Waals surface area contributed by atoms with Crippen LogP contribution in [0.2, 0.25) is 0 Å². The fraction of sp³-hybridized carbons (Fsp3) is 0.400. The van der Waals surface area contributed by atoms with Gasteiger partial charge in [-0.1, -0.05) is 70.2 Å². The largest absolute Gasteiger partial charge is 0.224 e. The Balaban J connectivity index is 0.00000127. The summed E-state index contributed by atoms with van der Waals surface area (Å²) in [6.07, 6.45) is 3.04. The summed E-state index contributed by atoms with van der Waals surface area (Å²) in [7, 11) is -3.18. The van der Waals surface area contributed by atoms with Crippen LogP contribution in [0.3, 0.4) is 0 Å². The molecule has 0 spiro atoms. The van der Waals surface area contributed by atoms with Gasteiger partial charge in [-0.25, -0.2) is 8.42 Å². The molecule has 2 aromatic carbocycles. The van der Waals surface area contributed by atoms with Gasteiger partial charge in [0.25, 0.3) is 0 Å². The fourth-order valence-electron chi connectivity index (χ4n) is 2.48. The van der Waals surface area contributed by atoms with Crippen molar-refractivity contribution in [2.24, 2.45) is 0 Å². The smallest absolute Gasteiger partial charge is 0.175 e. The molecule has 126 valence electrons. The molecule has 0 aliphatic heterocycles. The second kappa shape index (κ2) is 8.88. The summed E-state index contributed by atoms with van der Waals surface area (Å²) in [4.78, 5) is 0.466. The molecule has 0 aliphatic carbocycles. The Bertz CT molecular complexity index is 704. The summed E-state index contributed by atoms with van der Waals surface area (Å²) in [5.74, 6) is 0.241. The summed E-state index contributed by atoms with van der Waals surface area (Å²) in [6.45, 7) is 8.16. The van der Waals surface area contributed by atoms with Gasteiger partial charge < -0.3 is 0 Å². The molecule has 3 heteroatoms. The van der Waals surface area contributed by atoms with Crippen molar-refractivity contribution in [3.05, 3.63) is 65.2 Å². The molecule has 0 amide bonds. The summed E-state index contributed by atoms with van der Waals surface area (Å²) in [5, 5.41) is 0. The molecular formula is C20H28O2S. The highest BCUT2D eigenvalue weighted by atomic mass is 32.2. The zero-order valence-corrected chi connectivity index (χ0v) is 15.7. The summed E-state index contributed by atoms with van der Waals surface area (Å²) < 4.78 is 23.9. The Hall–Kier alpha value is -1.61. The first-order valence-corrected chi connectivity index (χ1v) is 10.2.